The first-order valence-electron chi connectivity index (χ1n) is 6.49. The Kier molecular flexibility index (Phi) is 6.27. The minimum absolute atomic E-state index is 0.549. The van der Waals surface area contributed by atoms with Crippen molar-refractivity contribution in [2.75, 3.05) is 18.0 Å². The smallest absolute Gasteiger partial charge is 0.134 e. The van der Waals surface area contributed by atoms with Crippen molar-refractivity contribution < 1.29 is 0 Å². The second-order valence-corrected chi connectivity index (χ2v) is 4.54. The summed E-state index contributed by atoms with van der Waals surface area (Å²) in [6, 6.07) is 1.86. The zero-order valence-corrected chi connectivity index (χ0v) is 11.8. The molecule has 0 bridgehead atoms. The highest BCUT2D eigenvalue weighted by Gasteiger charge is 2.08. The average Bonchev–Trinajstić information content (AvgIpc) is 2.30. The van der Waals surface area contributed by atoms with Gasteiger partial charge < -0.3 is 4.90 Å². The van der Waals surface area contributed by atoms with Gasteiger partial charge in [0.2, 0.25) is 0 Å². The van der Waals surface area contributed by atoms with Gasteiger partial charge in [-0.3, -0.25) is 0 Å². The molecule has 0 aliphatic heterocycles. The summed E-state index contributed by atoms with van der Waals surface area (Å²) in [5.41, 5.74) is 0. The fourth-order valence-corrected chi connectivity index (χ4v) is 1.93. The third-order valence-corrected chi connectivity index (χ3v) is 2.88. The molecule has 0 atom stereocenters. The molecule has 17 heavy (non-hydrogen) atoms. The summed E-state index contributed by atoms with van der Waals surface area (Å²) in [5.74, 6) is 1.81. The standard InChI is InChI=1S/C13H22ClN3/c1-4-7-9-17(6-3)13-10-11(14)15-12(16-13)8-5-2/h10H,4-9H2,1-3H3. The number of anilines is 1. The summed E-state index contributed by atoms with van der Waals surface area (Å²) >= 11 is 6.04. The quantitative estimate of drug-likeness (QED) is 0.696. The molecule has 0 unspecified atom stereocenters. The van der Waals surface area contributed by atoms with E-state index in [1.807, 2.05) is 6.07 Å². The average molecular weight is 256 g/mol. The number of nitrogens with zero attached hydrogens (tertiary/aromatic N) is 3. The molecule has 0 saturated carbocycles. The highest BCUT2D eigenvalue weighted by Crippen LogP contribution is 2.17. The predicted molar refractivity (Wildman–Crippen MR) is 73.8 cm³/mol. The Morgan fingerprint density at radius 3 is 2.53 bits per heavy atom. The van der Waals surface area contributed by atoms with Gasteiger partial charge in [0.15, 0.2) is 0 Å². The van der Waals surface area contributed by atoms with Crippen LogP contribution in [0, 0.1) is 0 Å². The Labute approximate surface area is 109 Å². The third-order valence-electron chi connectivity index (χ3n) is 2.69. The summed E-state index contributed by atoms with van der Waals surface area (Å²) < 4.78 is 0. The molecular formula is C13H22ClN3. The molecule has 96 valence electrons. The molecule has 0 amide bonds. The van der Waals surface area contributed by atoms with Crippen LogP contribution in [0.25, 0.3) is 0 Å². The number of aryl methyl sites for hydroxylation is 1. The van der Waals surface area contributed by atoms with Crippen molar-refractivity contribution in [1.29, 1.82) is 0 Å². The molecule has 0 radical (unpaired) electrons. The van der Waals surface area contributed by atoms with E-state index >= 15 is 0 Å². The first-order valence-corrected chi connectivity index (χ1v) is 6.87. The van der Waals surface area contributed by atoms with Gasteiger partial charge in [-0.2, -0.15) is 0 Å². The second kappa shape index (κ2) is 7.49. The van der Waals surface area contributed by atoms with Gasteiger partial charge in [-0.1, -0.05) is 31.9 Å². The maximum absolute atomic E-state index is 6.04. The molecule has 0 saturated heterocycles. The summed E-state index contributed by atoms with van der Waals surface area (Å²) in [6.07, 6.45) is 4.30. The van der Waals surface area contributed by atoms with Crippen molar-refractivity contribution in [3.63, 3.8) is 0 Å². The Morgan fingerprint density at radius 2 is 1.94 bits per heavy atom. The van der Waals surface area contributed by atoms with Crippen LogP contribution in [0.4, 0.5) is 5.82 Å². The van der Waals surface area contributed by atoms with Gasteiger partial charge in [-0.15, -0.1) is 0 Å². The molecule has 0 aliphatic carbocycles. The van der Waals surface area contributed by atoms with Gasteiger partial charge >= 0.3 is 0 Å². The van der Waals surface area contributed by atoms with Crippen LogP contribution in [0.5, 0.6) is 0 Å². The molecule has 0 spiro atoms. The van der Waals surface area contributed by atoms with Gasteiger partial charge in [0.05, 0.1) is 0 Å². The van der Waals surface area contributed by atoms with Crippen LogP contribution in [0.1, 0.15) is 45.9 Å². The first kappa shape index (κ1) is 14.2. The molecule has 0 fully saturated rings. The Bertz CT molecular complexity index is 341. The predicted octanol–water partition coefficient (Wildman–Crippen LogP) is 3.71. The van der Waals surface area contributed by atoms with Crippen LogP contribution in [-0.2, 0) is 6.42 Å². The molecule has 4 heteroatoms. The number of rotatable bonds is 7. The van der Waals surface area contributed by atoms with Crippen LogP contribution in [-0.4, -0.2) is 23.1 Å². The van der Waals surface area contributed by atoms with Crippen LogP contribution >= 0.6 is 11.6 Å². The van der Waals surface area contributed by atoms with Crippen LogP contribution in [0.15, 0.2) is 6.07 Å². The van der Waals surface area contributed by atoms with E-state index in [-0.39, 0.29) is 0 Å². The van der Waals surface area contributed by atoms with E-state index in [0.29, 0.717) is 5.15 Å². The van der Waals surface area contributed by atoms with E-state index in [9.17, 15) is 0 Å². The zero-order valence-electron chi connectivity index (χ0n) is 11.0. The first-order chi connectivity index (χ1) is 8.21. The van der Waals surface area contributed by atoms with Crippen LogP contribution in [0.3, 0.4) is 0 Å². The van der Waals surface area contributed by atoms with E-state index in [1.54, 1.807) is 0 Å². The maximum atomic E-state index is 6.04. The highest BCUT2D eigenvalue weighted by molar-refractivity contribution is 6.29. The molecule has 0 aromatic carbocycles. The van der Waals surface area contributed by atoms with Gasteiger partial charge in [0, 0.05) is 25.6 Å². The zero-order chi connectivity index (χ0) is 12.7. The number of unbranched alkanes of at least 4 members (excludes halogenated alkanes) is 1. The van der Waals surface area contributed by atoms with E-state index in [4.69, 9.17) is 11.6 Å². The summed E-state index contributed by atoms with van der Waals surface area (Å²) in [5, 5.41) is 0.549. The minimum Gasteiger partial charge on any atom is -0.357 e. The largest absolute Gasteiger partial charge is 0.357 e. The third kappa shape index (κ3) is 4.50. The lowest BCUT2D eigenvalue weighted by molar-refractivity contribution is 0.716. The van der Waals surface area contributed by atoms with Gasteiger partial charge in [-0.05, 0) is 19.8 Å². The number of hydrogen-bond donors (Lipinski definition) is 0. The lowest BCUT2D eigenvalue weighted by atomic mass is 10.3. The maximum Gasteiger partial charge on any atom is 0.134 e. The second-order valence-electron chi connectivity index (χ2n) is 4.15. The fraction of sp³-hybridized carbons (Fsp3) is 0.692. The Hall–Kier alpha value is -0.830. The summed E-state index contributed by atoms with van der Waals surface area (Å²) in [7, 11) is 0. The molecule has 0 aliphatic rings. The van der Waals surface area contributed by atoms with Crippen molar-refractivity contribution in [2.45, 2.75) is 46.5 Å². The molecule has 1 rings (SSSR count). The van der Waals surface area contributed by atoms with Crippen LogP contribution < -0.4 is 4.90 Å². The normalized spacial score (nSPS) is 10.6. The monoisotopic (exact) mass is 255 g/mol. The molecule has 1 aromatic heterocycles. The van der Waals surface area contributed by atoms with Crippen LogP contribution in [0.2, 0.25) is 5.15 Å². The Balaban J connectivity index is 2.85. The van der Waals surface area contributed by atoms with Gasteiger partial charge in [-0.25, -0.2) is 9.97 Å². The van der Waals surface area contributed by atoms with E-state index in [2.05, 4.69) is 35.6 Å². The number of halogens is 1. The highest BCUT2D eigenvalue weighted by atomic mass is 35.5. The van der Waals surface area contributed by atoms with E-state index in [0.717, 1.165) is 37.6 Å². The topological polar surface area (TPSA) is 29.0 Å². The molecule has 3 nitrogen and oxygen atoms in total. The Morgan fingerprint density at radius 1 is 1.18 bits per heavy atom. The number of hydrogen-bond acceptors (Lipinski definition) is 3. The lowest BCUT2D eigenvalue weighted by Crippen LogP contribution is -2.25. The van der Waals surface area contributed by atoms with Crippen molar-refractivity contribution in [3.8, 4) is 0 Å². The van der Waals surface area contributed by atoms with Crippen molar-refractivity contribution >= 4 is 17.4 Å². The summed E-state index contributed by atoms with van der Waals surface area (Å²) in [6.45, 7) is 8.46. The van der Waals surface area contributed by atoms with Gasteiger partial charge in [0.25, 0.3) is 0 Å². The molecule has 1 heterocycles. The lowest BCUT2D eigenvalue weighted by Gasteiger charge is -2.22. The SMILES string of the molecule is CCCCN(CC)c1cc(Cl)nc(CCC)n1. The number of aromatic nitrogens is 2. The molecule has 0 N–H and O–H groups in total. The van der Waals surface area contributed by atoms with E-state index in [1.165, 1.54) is 12.8 Å². The minimum atomic E-state index is 0.549. The van der Waals surface area contributed by atoms with Gasteiger partial charge in [0.1, 0.15) is 16.8 Å². The molecule has 1 aromatic rings. The van der Waals surface area contributed by atoms with Crippen molar-refractivity contribution in [3.05, 3.63) is 17.0 Å². The fourth-order valence-electron chi connectivity index (χ4n) is 1.73. The molecular weight excluding hydrogens is 234 g/mol. The van der Waals surface area contributed by atoms with Crippen molar-refractivity contribution in [1.82, 2.24) is 9.97 Å². The summed E-state index contributed by atoms with van der Waals surface area (Å²) in [4.78, 5) is 11.1. The van der Waals surface area contributed by atoms with Crippen molar-refractivity contribution in [2.24, 2.45) is 0 Å². The van der Waals surface area contributed by atoms with E-state index < -0.39 is 0 Å².